The first-order chi connectivity index (χ1) is 45.7. The second-order valence-corrected chi connectivity index (χ2v) is 28.5. The summed E-state index contributed by atoms with van der Waals surface area (Å²) in [5, 5.41) is 54.5. The van der Waals surface area contributed by atoms with Crippen molar-refractivity contribution in [3.05, 3.63) is 36.5 Å². The van der Waals surface area contributed by atoms with E-state index in [0.717, 1.165) is 64.2 Å². The average Bonchev–Trinajstić information content (AvgIpc) is 0.981. The van der Waals surface area contributed by atoms with Gasteiger partial charge in [-0.1, -0.05) is 378 Å². The van der Waals surface area contributed by atoms with Crippen LogP contribution in [0.25, 0.3) is 0 Å². The molecule has 1 aliphatic heterocycles. The quantitative estimate of drug-likeness (QED) is 0.0195. The Morgan fingerprint density at radius 3 is 1.12 bits per heavy atom. The number of nitrogens with one attached hydrogen (secondary N) is 1. The number of amides is 1. The van der Waals surface area contributed by atoms with Crippen LogP contribution >= 0.6 is 0 Å². The minimum Gasteiger partial charge on any atom is -0.466 e. The van der Waals surface area contributed by atoms with Gasteiger partial charge >= 0.3 is 5.97 Å². The predicted molar refractivity (Wildman–Crippen MR) is 394 cm³/mol. The van der Waals surface area contributed by atoms with E-state index in [4.69, 9.17) is 14.2 Å². The van der Waals surface area contributed by atoms with Crippen molar-refractivity contribution in [1.29, 1.82) is 0 Å². The number of esters is 1. The lowest BCUT2D eigenvalue weighted by molar-refractivity contribution is -0.302. The molecule has 6 N–H and O–H groups in total. The fourth-order valence-corrected chi connectivity index (χ4v) is 13.1. The van der Waals surface area contributed by atoms with Crippen LogP contribution < -0.4 is 5.32 Å². The monoisotopic (exact) mass is 1310 g/mol. The summed E-state index contributed by atoms with van der Waals surface area (Å²) in [6.45, 7) is 4.34. The van der Waals surface area contributed by atoms with Crippen molar-refractivity contribution in [3.63, 3.8) is 0 Å². The van der Waals surface area contributed by atoms with Crippen molar-refractivity contribution in [2.75, 3.05) is 19.8 Å². The third-order valence-corrected chi connectivity index (χ3v) is 19.5. The summed E-state index contributed by atoms with van der Waals surface area (Å²) < 4.78 is 16.8. The second-order valence-electron chi connectivity index (χ2n) is 28.5. The lowest BCUT2D eigenvalue weighted by Gasteiger charge is -2.40. The number of hydrogen-bond acceptors (Lipinski definition) is 10. The zero-order valence-electron chi connectivity index (χ0n) is 61.2. The molecule has 0 bridgehead atoms. The van der Waals surface area contributed by atoms with Gasteiger partial charge in [-0.05, 0) is 57.8 Å². The Morgan fingerprint density at radius 1 is 0.398 bits per heavy atom. The predicted octanol–water partition coefficient (Wildman–Crippen LogP) is 22.1. The standard InChI is InChI=1S/C82H155NO10/c1-3-5-7-9-11-13-15-17-46-50-54-58-62-66-70-78(87)91-71-67-63-59-55-51-47-44-42-40-38-36-34-32-30-28-26-24-22-20-18-19-21-23-25-27-29-31-33-35-37-39-41-43-45-49-53-57-61-65-69-77(86)83-74(73-92-82-81(90)80(89)79(88)76(72-84)93-82)75(85)68-64-60-56-52-48-16-14-12-10-8-6-4-2/h9,11,15,17,64,68,74-76,79-82,84-85,88-90H,3-8,10,12-14,16,18-63,65-67,69-73H2,1-2H3,(H,83,86)/b11-9-,17-15-,68-64+. The van der Waals surface area contributed by atoms with Crippen molar-refractivity contribution < 1.29 is 49.3 Å². The molecular formula is C82H155NO10. The third-order valence-electron chi connectivity index (χ3n) is 19.5. The number of carbonyl (C=O) groups is 2. The number of ether oxygens (including phenoxy) is 3. The SMILES string of the molecule is CCCC/C=C\C/C=C\CCCCCCCC(=O)OCCCCCCCCCCCCCCCCCCCCCCCCCCCCCCCCCCCCCCCCCC(=O)NC(COC1OC(CO)C(O)C(O)C1O)C(O)/C=C/CCCCCCCCCCCC. The van der Waals surface area contributed by atoms with Crippen LogP contribution in [0.15, 0.2) is 36.5 Å². The molecule has 1 amide bonds. The Morgan fingerprint density at radius 2 is 0.731 bits per heavy atom. The fourth-order valence-electron chi connectivity index (χ4n) is 13.1. The summed E-state index contributed by atoms with van der Waals surface area (Å²) in [6.07, 6.45) is 83.3. The molecule has 0 spiro atoms. The first kappa shape index (κ1) is 88.9. The van der Waals surface area contributed by atoms with Gasteiger partial charge < -0.3 is 45.1 Å². The van der Waals surface area contributed by atoms with Gasteiger partial charge in [-0.25, -0.2) is 0 Å². The minimum absolute atomic E-state index is 0.00415. The first-order valence-electron chi connectivity index (χ1n) is 40.8. The number of aliphatic hydroxyl groups is 5. The van der Waals surface area contributed by atoms with E-state index in [2.05, 4.69) is 43.5 Å². The number of hydrogen-bond donors (Lipinski definition) is 6. The maximum Gasteiger partial charge on any atom is 0.305 e. The van der Waals surface area contributed by atoms with Crippen molar-refractivity contribution in [2.24, 2.45) is 0 Å². The normalized spacial score (nSPS) is 17.6. The fraction of sp³-hybridized carbons (Fsp3) is 0.902. The summed E-state index contributed by atoms with van der Waals surface area (Å²) in [6, 6.07) is -0.805. The maximum absolute atomic E-state index is 13.1. The van der Waals surface area contributed by atoms with Crippen LogP contribution in [-0.4, -0.2) is 100 Å². The highest BCUT2D eigenvalue weighted by Crippen LogP contribution is 2.24. The molecule has 11 heteroatoms. The van der Waals surface area contributed by atoms with Crippen molar-refractivity contribution >= 4 is 11.9 Å². The topological polar surface area (TPSA) is 175 Å². The minimum atomic E-state index is -1.57. The molecule has 0 aliphatic carbocycles. The number of unbranched alkanes of at least 4 members (excludes halogenated alkanes) is 55. The second kappa shape index (κ2) is 71.2. The molecule has 0 radical (unpaired) electrons. The first-order valence-corrected chi connectivity index (χ1v) is 40.8. The van der Waals surface area contributed by atoms with Crippen LogP contribution in [0.2, 0.25) is 0 Å². The summed E-state index contributed by atoms with van der Waals surface area (Å²) in [5.41, 5.74) is 0. The van der Waals surface area contributed by atoms with E-state index in [1.807, 2.05) is 6.08 Å². The summed E-state index contributed by atoms with van der Waals surface area (Å²) in [5.74, 6) is -0.169. The molecule has 0 aromatic rings. The molecule has 93 heavy (non-hydrogen) atoms. The van der Waals surface area contributed by atoms with E-state index < -0.39 is 49.5 Å². The summed E-state index contributed by atoms with van der Waals surface area (Å²) >= 11 is 0. The molecule has 1 aliphatic rings. The zero-order chi connectivity index (χ0) is 67.2. The molecule has 0 aromatic carbocycles. The smallest absolute Gasteiger partial charge is 0.305 e. The molecule has 7 unspecified atom stereocenters. The van der Waals surface area contributed by atoms with Gasteiger partial charge in [0.25, 0.3) is 0 Å². The third kappa shape index (κ3) is 59.6. The lowest BCUT2D eigenvalue weighted by Crippen LogP contribution is -2.60. The highest BCUT2D eigenvalue weighted by Gasteiger charge is 2.44. The van der Waals surface area contributed by atoms with Crippen LogP contribution in [-0.2, 0) is 23.8 Å². The van der Waals surface area contributed by atoms with Crippen LogP contribution in [0.1, 0.15) is 412 Å². The molecule has 0 saturated carbocycles. The van der Waals surface area contributed by atoms with E-state index in [1.54, 1.807) is 6.08 Å². The molecular weight excluding hydrogens is 1160 g/mol. The lowest BCUT2D eigenvalue weighted by atomic mass is 9.99. The van der Waals surface area contributed by atoms with E-state index >= 15 is 0 Å². The molecule has 1 rings (SSSR count). The largest absolute Gasteiger partial charge is 0.466 e. The zero-order valence-corrected chi connectivity index (χ0v) is 61.2. The Kier molecular flexibility index (Phi) is 68.0. The van der Waals surface area contributed by atoms with E-state index in [0.29, 0.717) is 19.4 Å². The Bertz CT molecular complexity index is 1640. The molecule has 7 atom stereocenters. The van der Waals surface area contributed by atoms with Gasteiger partial charge in [0.05, 0.1) is 32.0 Å². The molecule has 11 nitrogen and oxygen atoms in total. The van der Waals surface area contributed by atoms with E-state index in [1.165, 1.54) is 321 Å². The van der Waals surface area contributed by atoms with Gasteiger partial charge in [-0.15, -0.1) is 0 Å². The van der Waals surface area contributed by atoms with Gasteiger partial charge in [0.2, 0.25) is 5.91 Å². The van der Waals surface area contributed by atoms with Gasteiger partial charge in [0, 0.05) is 12.8 Å². The van der Waals surface area contributed by atoms with Crippen LogP contribution in [0.4, 0.5) is 0 Å². The molecule has 1 heterocycles. The Hall–Kier alpha value is -2.12. The maximum atomic E-state index is 13.1. The van der Waals surface area contributed by atoms with Gasteiger partial charge in [-0.3, -0.25) is 9.59 Å². The van der Waals surface area contributed by atoms with Crippen molar-refractivity contribution in [1.82, 2.24) is 5.32 Å². The number of carbonyl (C=O) groups excluding carboxylic acids is 2. The summed E-state index contributed by atoms with van der Waals surface area (Å²) in [4.78, 5) is 25.2. The number of rotatable bonds is 73. The molecule has 548 valence electrons. The highest BCUT2D eigenvalue weighted by atomic mass is 16.7. The van der Waals surface area contributed by atoms with Crippen LogP contribution in [0, 0.1) is 0 Å². The van der Waals surface area contributed by atoms with Crippen LogP contribution in [0.5, 0.6) is 0 Å². The van der Waals surface area contributed by atoms with Gasteiger partial charge in [0.1, 0.15) is 24.4 Å². The van der Waals surface area contributed by atoms with Gasteiger partial charge in [-0.2, -0.15) is 0 Å². The van der Waals surface area contributed by atoms with E-state index in [-0.39, 0.29) is 18.5 Å². The van der Waals surface area contributed by atoms with Crippen LogP contribution in [0.3, 0.4) is 0 Å². The Balaban J connectivity index is 1.86. The molecule has 0 aromatic heterocycles. The highest BCUT2D eigenvalue weighted by molar-refractivity contribution is 5.76. The molecule has 1 saturated heterocycles. The average molecular weight is 1320 g/mol. The molecule has 1 fully saturated rings. The number of allylic oxidation sites excluding steroid dienone is 5. The summed E-state index contributed by atoms with van der Waals surface area (Å²) in [7, 11) is 0. The van der Waals surface area contributed by atoms with Crippen molar-refractivity contribution in [2.45, 2.75) is 455 Å². The van der Waals surface area contributed by atoms with Crippen molar-refractivity contribution in [3.8, 4) is 0 Å². The number of aliphatic hydroxyl groups excluding tert-OH is 5. The van der Waals surface area contributed by atoms with Gasteiger partial charge in [0.15, 0.2) is 6.29 Å². The van der Waals surface area contributed by atoms with E-state index in [9.17, 15) is 35.1 Å². The Labute approximate surface area is 574 Å².